The predicted molar refractivity (Wildman–Crippen MR) is 109 cm³/mol. The first-order valence-electron chi connectivity index (χ1n) is 9.56. The second-order valence-electron chi connectivity index (χ2n) is 8.85. The lowest BCUT2D eigenvalue weighted by molar-refractivity contribution is 0.0716. The zero-order chi connectivity index (χ0) is 18.6. The molecule has 2 nitrogen and oxygen atoms in total. The van der Waals surface area contributed by atoms with Gasteiger partial charge in [0, 0.05) is 5.92 Å². The van der Waals surface area contributed by atoms with E-state index in [0.29, 0.717) is 5.92 Å². The third-order valence-corrected chi connectivity index (χ3v) is 10.4. The fourth-order valence-corrected chi connectivity index (χ4v) is 4.73. The van der Waals surface area contributed by atoms with E-state index in [1.807, 2.05) is 18.2 Å². The smallest absolute Gasteiger partial charge is 0.194 e. The Labute approximate surface area is 155 Å². The van der Waals surface area contributed by atoms with Crippen molar-refractivity contribution in [2.24, 2.45) is 5.92 Å². The van der Waals surface area contributed by atoms with Crippen molar-refractivity contribution in [3.63, 3.8) is 0 Å². The van der Waals surface area contributed by atoms with Gasteiger partial charge in [-0.1, -0.05) is 76.4 Å². The Balaban J connectivity index is 2.39. The maximum absolute atomic E-state index is 10.2. The molecular weight excluding hydrogens is 322 g/mol. The minimum Gasteiger partial charge on any atom is -0.396 e. The van der Waals surface area contributed by atoms with Crippen molar-refractivity contribution >= 4 is 14.4 Å². The van der Waals surface area contributed by atoms with Gasteiger partial charge in [0.15, 0.2) is 13.9 Å². The minimum atomic E-state index is -2.06. The van der Waals surface area contributed by atoms with Gasteiger partial charge in [-0.3, -0.25) is 0 Å². The summed E-state index contributed by atoms with van der Waals surface area (Å²) in [6.07, 6.45) is 9.98. The summed E-state index contributed by atoms with van der Waals surface area (Å²) in [5.74, 6) is 0.292. The first-order valence-corrected chi connectivity index (χ1v) is 12.5. The van der Waals surface area contributed by atoms with Crippen molar-refractivity contribution in [1.82, 2.24) is 0 Å². The molecule has 0 heterocycles. The lowest BCUT2D eigenvalue weighted by Crippen LogP contribution is -2.52. The van der Waals surface area contributed by atoms with E-state index < -0.39 is 13.9 Å². The van der Waals surface area contributed by atoms with Crippen molar-refractivity contribution in [3.8, 4) is 6.07 Å². The Morgan fingerprint density at radius 3 is 2.20 bits per heavy atom. The molecule has 136 valence electrons. The molecular formula is C22H33NOSi. The highest BCUT2D eigenvalue weighted by atomic mass is 28.4. The van der Waals surface area contributed by atoms with Gasteiger partial charge in [0.25, 0.3) is 0 Å². The Bertz CT molecular complexity index is 618. The molecule has 1 aliphatic carbocycles. The van der Waals surface area contributed by atoms with Crippen LogP contribution in [0, 0.1) is 17.2 Å². The van der Waals surface area contributed by atoms with Gasteiger partial charge in [-0.05, 0) is 42.6 Å². The Morgan fingerprint density at radius 2 is 1.68 bits per heavy atom. The summed E-state index contributed by atoms with van der Waals surface area (Å²) >= 11 is 0. The maximum Gasteiger partial charge on any atom is 0.194 e. The van der Waals surface area contributed by atoms with Gasteiger partial charge in [0.2, 0.25) is 0 Å². The van der Waals surface area contributed by atoms with Gasteiger partial charge in [-0.25, -0.2) is 0 Å². The highest BCUT2D eigenvalue weighted by molar-refractivity contribution is 6.74. The standard InChI is InChI=1S/C22H33NOSi/c1-21(2,3)25(4,5)24-22(18-23,20-14-10-7-11-15-20)17-16-19-12-8-6-9-13-19/h6,8-9,12-13,16-17,20H,7,10-11,14-15H2,1-5H3/b17-16+. The Kier molecular flexibility index (Phi) is 6.29. The average Bonchev–Trinajstić information content (AvgIpc) is 2.59. The molecule has 0 radical (unpaired) electrons. The fourth-order valence-electron chi connectivity index (χ4n) is 3.30. The number of benzene rings is 1. The topological polar surface area (TPSA) is 33.0 Å². The predicted octanol–water partition coefficient (Wildman–Crippen LogP) is 6.56. The average molecular weight is 356 g/mol. The molecule has 0 aromatic heterocycles. The van der Waals surface area contributed by atoms with Crippen molar-refractivity contribution in [2.75, 3.05) is 0 Å². The first kappa shape index (κ1) is 19.9. The highest BCUT2D eigenvalue weighted by Crippen LogP contribution is 2.44. The van der Waals surface area contributed by atoms with E-state index in [1.165, 1.54) is 19.3 Å². The molecule has 0 N–H and O–H groups in total. The molecule has 1 unspecified atom stereocenters. The number of hydrogen-bond acceptors (Lipinski definition) is 2. The molecule has 1 saturated carbocycles. The monoisotopic (exact) mass is 355 g/mol. The van der Waals surface area contributed by atoms with Crippen LogP contribution in [-0.2, 0) is 4.43 Å². The highest BCUT2D eigenvalue weighted by Gasteiger charge is 2.47. The van der Waals surface area contributed by atoms with E-state index in [2.05, 4.69) is 64.2 Å². The van der Waals surface area contributed by atoms with Crippen molar-refractivity contribution in [3.05, 3.63) is 42.0 Å². The molecule has 3 heteroatoms. The van der Waals surface area contributed by atoms with Gasteiger partial charge in [0.05, 0.1) is 0 Å². The zero-order valence-electron chi connectivity index (χ0n) is 16.5. The molecule has 1 atom stereocenters. The number of nitriles is 1. The Hall–Kier alpha value is -1.37. The summed E-state index contributed by atoms with van der Waals surface area (Å²) in [5.41, 5.74) is 0.316. The van der Waals surface area contributed by atoms with Crippen LogP contribution in [0.1, 0.15) is 58.4 Å². The van der Waals surface area contributed by atoms with Gasteiger partial charge in [-0.15, -0.1) is 0 Å². The van der Waals surface area contributed by atoms with Crippen molar-refractivity contribution in [2.45, 2.75) is 76.6 Å². The molecule has 25 heavy (non-hydrogen) atoms. The zero-order valence-corrected chi connectivity index (χ0v) is 17.5. The van der Waals surface area contributed by atoms with Crippen molar-refractivity contribution < 1.29 is 4.43 Å². The molecule has 0 amide bonds. The molecule has 1 aromatic rings. The van der Waals surface area contributed by atoms with E-state index in [9.17, 15) is 5.26 Å². The van der Waals surface area contributed by atoms with E-state index in [1.54, 1.807) is 0 Å². The molecule has 0 spiro atoms. The fraction of sp³-hybridized carbons (Fsp3) is 0.591. The van der Waals surface area contributed by atoms with Gasteiger partial charge >= 0.3 is 0 Å². The SMILES string of the molecule is CC(C)(C)[Si](C)(C)OC(C#N)(/C=C/c1ccccc1)C1CCCCC1. The summed E-state index contributed by atoms with van der Waals surface area (Å²) < 4.78 is 6.79. The van der Waals surface area contributed by atoms with Gasteiger partial charge in [0.1, 0.15) is 6.07 Å². The number of nitrogens with zero attached hydrogens (tertiary/aromatic N) is 1. The van der Waals surface area contributed by atoms with E-state index in [-0.39, 0.29) is 5.04 Å². The van der Waals surface area contributed by atoms with E-state index >= 15 is 0 Å². The van der Waals surface area contributed by atoms with Crippen LogP contribution in [0.2, 0.25) is 18.1 Å². The van der Waals surface area contributed by atoms with Gasteiger partial charge in [-0.2, -0.15) is 5.26 Å². The maximum atomic E-state index is 10.2. The molecule has 0 aliphatic heterocycles. The first-order chi connectivity index (χ1) is 11.7. The lowest BCUT2D eigenvalue weighted by atomic mass is 9.77. The Morgan fingerprint density at radius 1 is 1.08 bits per heavy atom. The summed E-state index contributed by atoms with van der Waals surface area (Å²) in [6, 6.07) is 12.8. The van der Waals surface area contributed by atoms with Gasteiger partial charge < -0.3 is 4.43 Å². The minimum absolute atomic E-state index is 0.0877. The van der Waals surface area contributed by atoms with Crippen LogP contribution in [0.3, 0.4) is 0 Å². The quantitative estimate of drug-likeness (QED) is 0.560. The second kappa shape index (κ2) is 7.89. The molecule has 1 aliphatic rings. The van der Waals surface area contributed by atoms with Crippen molar-refractivity contribution in [1.29, 1.82) is 5.26 Å². The third kappa shape index (κ3) is 4.83. The largest absolute Gasteiger partial charge is 0.396 e. The number of hydrogen-bond donors (Lipinski definition) is 0. The molecule has 0 bridgehead atoms. The molecule has 2 rings (SSSR count). The molecule has 1 fully saturated rings. The second-order valence-corrected chi connectivity index (χ2v) is 13.6. The van der Waals surface area contributed by atoms with Crippen LogP contribution >= 0.6 is 0 Å². The van der Waals surface area contributed by atoms with Crippen LogP contribution in [0.15, 0.2) is 36.4 Å². The normalized spacial score (nSPS) is 19.5. The summed E-state index contributed by atoms with van der Waals surface area (Å²) in [5, 5.41) is 10.3. The van der Waals surface area contributed by atoms with Crippen LogP contribution < -0.4 is 0 Å². The van der Waals surface area contributed by atoms with Crippen LogP contribution in [-0.4, -0.2) is 13.9 Å². The molecule has 1 aromatic carbocycles. The summed E-state index contributed by atoms with van der Waals surface area (Å²) in [6.45, 7) is 11.2. The van der Waals surface area contributed by atoms with E-state index in [4.69, 9.17) is 4.43 Å². The molecule has 0 saturated heterocycles. The van der Waals surface area contributed by atoms with Crippen LogP contribution in [0.4, 0.5) is 0 Å². The summed E-state index contributed by atoms with van der Waals surface area (Å²) in [4.78, 5) is 0. The number of rotatable bonds is 5. The lowest BCUT2D eigenvalue weighted by Gasteiger charge is -2.45. The third-order valence-electron chi connectivity index (χ3n) is 5.94. The van der Waals surface area contributed by atoms with Crippen LogP contribution in [0.5, 0.6) is 0 Å². The summed E-state index contributed by atoms with van der Waals surface area (Å²) in [7, 11) is -2.06. The van der Waals surface area contributed by atoms with E-state index in [0.717, 1.165) is 18.4 Å². The van der Waals surface area contributed by atoms with Crippen LogP contribution in [0.25, 0.3) is 6.08 Å².